The quantitative estimate of drug-likeness (QED) is 0.426. The van der Waals surface area contributed by atoms with Crippen LogP contribution in [0.3, 0.4) is 0 Å². The van der Waals surface area contributed by atoms with Gasteiger partial charge in [0.2, 0.25) is 0 Å². The van der Waals surface area contributed by atoms with Crippen LogP contribution in [0, 0.1) is 12.3 Å². The van der Waals surface area contributed by atoms with E-state index in [1.807, 2.05) is 13.0 Å². The van der Waals surface area contributed by atoms with Crippen LogP contribution in [0.2, 0.25) is 0 Å². The summed E-state index contributed by atoms with van der Waals surface area (Å²) in [7, 11) is 0. The summed E-state index contributed by atoms with van der Waals surface area (Å²) in [6.45, 7) is 1.88. The molecule has 2 heteroatoms. The van der Waals surface area contributed by atoms with Gasteiger partial charge in [0.15, 0.2) is 0 Å². The second kappa shape index (κ2) is 5.66. The number of esters is 1. The lowest BCUT2D eigenvalue weighted by molar-refractivity contribution is 0.0616. The molecule has 0 bridgehead atoms. The fourth-order valence-electron chi connectivity index (χ4n) is 1.05. The molecule has 0 amide bonds. The minimum absolute atomic E-state index is 0.376. The van der Waals surface area contributed by atoms with Gasteiger partial charge in [-0.1, -0.05) is 31.0 Å². The van der Waals surface area contributed by atoms with Crippen LogP contribution in [-0.4, -0.2) is 5.97 Å². The Bertz CT molecular complexity index is 396. The number of benzene rings is 1. The molecule has 0 aromatic heterocycles. The topological polar surface area (TPSA) is 26.3 Å². The molecule has 0 aliphatic rings. The first-order chi connectivity index (χ1) is 7.27. The maximum atomic E-state index is 11.6. The molecule has 0 unspecified atom stereocenters. The van der Waals surface area contributed by atoms with Crippen molar-refractivity contribution in [2.45, 2.75) is 13.3 Å². The molecule has 76 valence electrons. The van der Waals surface area contributed by atoms with Crippen LogP contribution in [0.15, 0.2) is 42.2 Å². The van der Waals surface area contributed by atoms with Crippen LogP contribution in [-0.2, 0) is 4.74 Å². The zero-order valence-corrected chi connectivity index (χ0v) is 8.57. The van der Waals surface area contributed by atoms with Crippen molar-refractivity contribution in [3.63, 3.8) is 0 Å². The van der Waals surface area contributed by atoms with Crippen molar-refractivity contribution in [3.8, 4) is 12.3 Å². The van der Waals surface area contributed by atoms with Crippen LogP contribution in [0.4, 0.5) is 0 Å². The fourth-order valence-corrected chi connectivity index (χ4v) is 1.05. The summed E-state index contributed by atoms with van der Waals surface area (Å²) >= 11 is 0. The van der Waals surface area contributed by atoms with Gasteiger partial charge < -0.3 is 4.74 Å². The highest BCUT2D eigenvalue weighted by atomic mass is 16.5. The molecule has 0 aliphatic heterocycles. The molecule has 0 aliphatic carbocycles. The van der Waals surface area contributed by atoms with Crippen LogP contribution >= 0.6 is 0 Å². The first kappa shape index (κ1) is 11.1. The molecule has 0 atom stereocenters. The van der Waals surface area contributed by atoms with E-state index in [2.05, 4.69) is 5.92 Å². The maximum Gasteiger partial charge on any atom is 0.343 e. The number of hydrogen-bond donors (Lipinski definition) is 0. The molecule has 0 spiro atoms. The van der Waals surface area contributed by atoms with E-state index < -0.39 is 0 Å². The second-order valence-electron chi connectivity index (χ2n) is 2.89. The third-order valence-corrected chi connectivity index (χ3v) is 1.83. The lowest BCUT2D eigenvalue weighted by atomic mass is 10.2. The molecule has 1 aromatic carbocycles. The summed E-state index contributed by atoms with van der Waals surface area (Å²) < 4.78 is 5.11. The molecular weight excluding hydrogens is 188 g/mol. The van der Waals surface area contributed by atoms with Gasteiger partial charge >= 0.3 is 5.97 Å². The van der Waals surface area contributed by atoms with E-state index >= 15 is 0 Å². The Balaban J connectivity index is 2.73. The molecular formula is C13H12O2. The molecule has 0 heterocycles. The van der Waals surface area contributed by atoms with E-state index in [1.54, 1.807) is 24.3 Å². The standard InChI is InChI=1S/C13H12O2/c1-3-8-12(4-2)15-13(14)11-9-6-5-7-10-11/h1,5-10H,4H2,2H3/b12-8-. The van der Waals surface area contributed by atoms with Gasteiger partial charge in [0, 0.05) is 12.5 Å². The van der Waals surface area contributed by atoms with Crippen LogP contribution < -0.4 is 0 Å². The van der Waals surface area contributed by atoms with Crippen LogP contribution in [0.5, 0.6) is 0 Å². The summed E-state index contributed by atoms with van der Waals surface area (Å²) in [4.78, 5) is 11.6. The minimum atomic E-state index is -0.376. The Morgan fingerprint density at radius 2 is 2.13 bits per heavy atom. The SMILES string of the molecule is C#C/C=C(/CC)OC(=O)c1ccccc1. The van der Waals surface area contributed by atoms with Crippen molar-refractivity contribution >= 4 is 5.97 Å². The molecule has 1 rings (SSSR count). The summed E-state index contributed by atoms with van der Waals surface area (Å²) in [5.74, 6) is 2.47. The number of carbonyl (C=O) groups excluding carboxylic acids is 1. The monoisotopic (exact) mass is 200 g/mol. The molecule has 2 nitrogen and oxygen atoms in total. The van der Waals surface area contributed by atoms with E-state index in [1.165, 1.54) is 6.08 Å². The third kappa shape index (κ3) is 3.32. The molecule has 0 fully saturated rings. The highest BCUT2D eigenvalue weighted by Gasteiger charge is 2.07. The molecule has 0 saturated carbocycles. The first-order valence-electron chi connectivity index (χ1n) is 4.70. The zero-order chi connectivity index (χ0) is 11.1. The van der Waals surface area contributed by atoms with Gasteiger partial charge in [-0.3, -0.25) is 0 Å². The van der Waals surface area contributed by atoms with E-state index in [9.17, 15) is 4.79 Å². The normalized spacial score (nSPS) is 10.5. The molecule has 0 N–H and O–H groups in total. The van der Waals surface area contributed by atoms with E-state index in [-0.39, 0.29) is 5.97 Å². The Labute approximate surface area is 89.6 Å². The average Bonchev–Trinajstić information content (AvgIpc) is 2.29. The van der Waals surface area contributed by atoms with Gasteiger partial charge in [0.25, 0.3) is 0 Å². The molecule has 15 heavy (non-hydrogen) atoms. The Morgan fingerprint density at radius 3 is 2.67 bits per heavy atom. The predicted molar refractivity (Wildman–Crippen MR) is 59.1 cm³/mol. The first-order valence-corrected chi connectivity index (χ1v) is 4.70. The third-order valence-electron chi connectivity index (χ3n) is 1.83. The second-order valence-corrected chi connectivity index (χ2v) is 2.89. The van der Waals surface area contributed by atoms with Gasteiger partial charge in [-0.25, -0.2) is 4.79 Å². The van der Waals surface area contributed by atoms with Gasteiger partial charge in [-0.2, -0.15) is 0 Å². The molecule has 0 saturated heterocycles. The molecule has 1 aromatic rings. The fraction of sp³-hybridized carbons (Fsp3) is 0.154. The van der Waals surface area contributed by atoms with Crippen LogP contribution in [0.25, 0.3) is 0 Å². The van der Waals surface area contributed by atoms with E-state index in [0.29, 0.717) is 17.7 Å². The van der Waals surface area contributed by atoms with Gasteiger partial charge in [0.1, 0.15) is 5.76 Å². The Kier molecular flexibility index (Phi) is 4.18. The van der Waals surface area contributed by atoms with Gasteiger partial charge in [-0.05, 0) is 12.1 Å². The largest absolute Gasteiger partial charge is 0.427 e. The highest BCUT2D eigenvalue weighted by molar-refractivity contribution is 5.89. The van der Waals surface area contributed by atoms with Gasteiger partial charge in [0.05, 0.1) is 5.56 Å². The summed E-state index contributed by atoms with van der Waals surface area (Å²) in [6.07, 6.45) is 7.16. The molecule has 0 radical (unpaired) electrons. The van der Waals surface area contributed by atoms with Crippen molar-refractivity contribution < 1.29 is 9.53 Å². The number of ether oxygens (including phenoxy) is 1. The number of allylic oxidation sites excluding steroid dienone is 2. The van der Waals surface area contributed by atoms with Crippen molar-refractivity contribution in [1.82, 2.24) is 0 Å². The number of terminal acetylenes is 1. The van der Waals surface area contributed by atoms with E-state index in [4.69, 9.17) is 11.2 Å². The number of hydrogen-bond acceptors (Lipinski definition) is 2. The highest BCUT2D eigenvalue weighted by Crippen LogP contribution is 2.08. The summed E-state index contributed by atoms with van der Waals surface area (Å²) in [5, 5.41) is 0. The maximum absolute atomic E-state index is 11.6. The smallest absolute Gasteiger partial charge is 0.343 e. The van der Waals surface area contributed by atoms with Crippen molar-refractivity contribution in [3.05, 3.63) is 47.7 Å². The number of carbonyl (C=O) groups is 1. The predicted octanol–water partition coefficient (Wildman–Crippen LogP) is 2.77. The van der Waals surface area contributed by atoms with Crippen molar-refractivity contribution in [2.24, 2.45) is 0 Å². The lowest BCUT2D eigenvalue weighted by Crippen LogP contribution is -2.04. The van der Waals surface area contributed by atoms with E-state index in [0.717, 1.165) is 0 Å². The Hall–Kier alpha value is -2.01. The lowest BCUT2D eigenvalue weighted by Gasteiger charge is -2.05. The zero-order valence-electron chi connectivity index (χ0n) is 8.57. The number of rotatable bonds is 3. The van der Waals surface area contributed by atoms with Gasteiger partial charge in [-0.15, -0.1) is 6.42 Å². The Morgan fingerprint density at radius 1 is 1.47 bits per heavy atom. The summed E-state index contributed by atoms with van der Waals surface area (Å²) in [6, 6.07) is 8.81. The van der Waals surface area contributed by atoms with Crippen molar-refractivity contribution in [2.75, 3.05) is 0 Å². The van der Waals surface area contributed by atoms with Crippen molar-refractivity contribution in [1.29, 1.82) is 0 Å². The minimum Gasteiger partial charge on any atom is -0.427 e. The average molecular weight is 200 g/mol. The van der Waals surface area contributed by atoms with Crippen LogP contribution in [0.1, 0.15) is 23.7 Å². The summed E-state index contributed by atoms with van der Waals surface area (Å²) in [5.41, 5.74) is 0.522.